The van der Waals surface area contributed by atoms with Gasteiger partial charge in [-0.25, -0.2) is 0 Å². The molecular weight excluding hydrogens is 310 g/mol. The SMILES string of the molecule is CCOc1cc(Cl)c(I)c(Cl)c1. The smallest absolute Gasteiger partial charge is 0.122 e. The van der Waals surface area contributed by atoms with Crippen LogP contribution in [0.4, 0.5) is 0 Å². The summed E-state index contributed by atoms with van der Waals surface area (Å²) in [5.41, 5.74) is 0. The molecule has 0 aliphatic heterocycles. The molecule has 0 saturated heterocycles. The number of hydrogen-bond acceptors (Lipinski definition) is 1. The van der Waals surface area contributed by atoms with Crippen LogP contribution in [0, 0.1) is 3.57 Å². The van der Waals surface area contributed by atoms with Crippen LogP contribution in [0.1, 0.15) is 6.92 Å². The zero-order valence-corrected chi connectivity index (χ0v) is 10.1. The zero-order valence-electron chi connectivity index (χ0n) is 6.40. The van der Waals surface area contributed by atoms with E-state index < -0.39 is 0 Å². The van der Waals surface area contributed by atoms with Gasteiger partial charge in [-0.1, -0.05) is 23.2 Å². The third kappa shape index (κ3) is 2.41. The molecule has 0 aliphatic rings. The van der Waals surface area contributed by atoms with Gasteiger partial charge in [-0.15, -0.1) is 0 Å². The summed E-state index contributed by atoms with van der Waals surface area (Å²) < 4.78 is 6.11. The van der Waals surface area contributed by atoms with Gasteiger partial charge >= 0.3 is 0 Å². The van der Waals surface area contributed by atoms with Gasteiger partial charge in [0.15, 0.2) is 0 Å². The van der Waals surface area contributed by atoms with E-state index in [0.29, 0.717) is 22.4 Å². The van der Waals surface area contributed by atoms with Gasteiger partial charge in [0.1, 0.15) is 5.75 Å². The van der Waals surface area contributed by atoms with E-state index in [1.165, 1.54) is 0 Å². The summed E-state index contributed by atoms with van der Waals surface area (Å²) in [5, 5.41) is 1.26. The molecule has 0 unspecified atom stereocenters. The molecule has 0 saturated carbocycles. The van der Waals surface area contributed by atoms with Crippen LogP contribution in [0.3, 0.4) is 0 Å². The molecular formula is C8H7Cl2IO. The van der Waals surface area contributed by atoms with Crippen LogP contribution in [-0.4, -0.2) is 6.61 Å². The Labute approximate surface area is 95.1 Å². The van der Waals surface area contributed by atoms with Crippen molar-refractivity contribution >= 4 is 45.8 Å². The first-order valence-electron chi connectivity index (χ1n) is 3.42. The Morgan fingerprint density at radius 2 is 1.83 bits per heavy atom. The first kappa shape index (κ1) is 10.4. The number of benzene rings is 1. The monoisotopic (exact) mass is 316 g/mol. The Bertz CT molecular complexity index is 265. The second kappa shape index (κ2) is 4.53. The van der Waals surface area contributed by atoms with Crippen LogP contribution in [-0.2, 0) is 0 Å². The average molecular weight is 317 g/mol. The van der Waals surface area contributed by atoms with Gasteiger partial charge in [0.2, 0.25) is 0 Å². The summed E-state index contributed by atoms with van der Waals surface area (Å²) in [5.74, 6) is 0.716. The van der Waals surface area contributed by atoms with Crippen LogP contribution in [0.15, 0.2) is 12.1 Å². The fraction of sp³-hybridized carbons (Fsp3) is 0.250. The maximum atomic E-state index is 5.88. The number of ether oxygens (including phenoxy) is 1. The second-order valence-electron chi connectivity index (χ2n) is 2.13. The second-order valence-corrected chi connectivity index (χ2v) is 4.03. The fourth-order valence-corrected chi connectivity index (χ4v) is 1.56. The third-order valence-electron chi connectivity index (χ3n) is 1.27. The molecule has 0 radical (unpaired) electrons. The average Bonchev–Trinajstić information content (AvgIpc) is 2.01. The molecule has 0 fully saturated rings. The van der Waals surface area contributed by atoms with Gasteiger partial charge in [0, 0.05) is 0 Å². The topological polar surface area (TPSA) is 9.23 Å². The van der Waals surface area contributed by atoms with E-state index in [4.69, 9.17) is 27.9 Å². The van der Waals surface area contributed by atoms with Crippen molar-refractivity contribution in [3.05, 3.63) is 25.7 Å². The Balaban J connectivity index is 3.04. The van der Waals surface area contributed by atoms with Crippen molar-refractivity contribution in [2.75, 3.05) is 6.61 Å². The number of halogens is 3. The Kier molecular flexibility index (Phi) is 3.93. The molecule has 4 heteroatoms. The maximum Gasteiger partial charge on any atom is 0.122 e. The standard InChI is InChI=1S/C8H7Cl2IO/c1-2-12-5-3-6(9)8(11)7(10)4-5/h3-4H,2H2,1H3. The molecule has 0 aromatic heterocycles. The summed E-state index contributed by atoms with van der Waals surface area (Å²) in [6.45, 7) is 2.53. The predicted molar refractivity (Wildman–Crippen MR) is 60.3 cm³/mol. The molecule has 0 aliphatic carbocycles. The summed E-state index contributed by atoms with van der Waals surface area (Å²) in [7, 11) is 0. The first-order chi connectivity index (χ1) is 5.65. The van der Waals surface area contributed by atoms with Crippen molar-refractivity contribution in [3.63, 3.8) is 0 Å². The Hall–Kier alpha value is 0.330. The minimum absolute atomic E-state index is 0.618. The van der Waals surface area contributed by atoms with E-state index >= 15 is 0 Å². The summed E-state index contributed by atoms with van der Waals surface area (Å²) >= 11 is 13.9. The summed E-state index contributed by atoms with van der Waals surface area (Å²) in [6, 6.07) is 3.53. The lowest BCUT2D eigenvalue weighted by Crippen LogP contribution is -1.91. The quantitative estimate of drug-likeness (QED) is 0.592. The molecule has 0 amide bonds. The van der Waals surface area contributed by atoms with Crippen LogP contribution in [0.2, 0.25) is 10.0 Å². The van der Waals surface area contributed by atoms with Crippen LogP contribution >= 0.6 is 45.8 Å². The Morgan fingerprint density at radius 1 is 1.33 bits per heavy atom. The molecule has 12 heavy (non-hydrogen) atoms. The molecule has 1 nitrogen and oxygen atoms in total. The number of hydrogen-bond donors (Lipinski definition) is 0. The van der Waals surface area contributed by atoms with E-state index in [0.717, 1.165) is 3.57 Å². The van der Waals surface area contributed by atoms with Gasteiger partial charge in [0.05, 0.1) is 20.2 Å². The highest BCUT2D eigenvalue weighted by molar-refractivity contribution is 14.1. The van der Waals surface area contributed by atoms with Gasteiger partial charge in [-0.2, -0.15) is 0 Å². The molecule has 0 bridgehead atoms. The first-order valence-corrected chi connectivity index (χ1v) is 5.26. The summed E-state index contributed by atoms with van der Waals surface area (Å²) in [4.78, 5) is 0. The van der Waals surface area contributed by atoms with Gasteiger partial charge in [0.25, 0.3) is 0 Å². The lowest BCUT2D eigenvalue weighted by Gasteiger charge is -2.05. The van der Waals surface area contributed by atoms with Crippen molar-refractivity contribution < 1.29 is 4.74 Å². The van der Waals surface area contributed by atoms with E-state index in [2.05, 4.69) is 22.6 Å². The lowest BCUT2D eigenvalue weighted by molar-refractivity contribution is 0.340. The van der Waals surface area contributed by atoms with Gasteiger partial charge in [-0.05, 0) is 41.6 Å². The highest BCUT2D eigenvalue weighted by Crippen LogP contribution is 2.31. The van der Waals surface area contributed by atoms with Crippen molar-refractivity contribution in [2.24, 2.45) is 0 Å². The van der Waals surface area contributed by atoms with E-state index in [9.17, 15) is 0 Å². The number of rotatable bonds is 2. The molecule has 1 aromatic carbocycles. The van der Waals surface area contributed by atoms with Crippen LogP contribution in [0.5, 0.6) is 5.75 Å². The minimum atomic E-state index is 0.618. The van der Waals surface area contributed by atoms with E-state index in [1.807, 2.05) is 6.92 Å². The van der Waals surface area contributed by atoms with E-state index in [1.54, 1.807) is 12.1 Å². The van der Waals surface area contributed by atoms with Crippen LogP contribution in [0.25, 0.3) is 0 Å². The van der Waals surface area contributed by atoms with Gasteiger partial charge in [-0.3, -0.25) is 0 Å². The zero-order chi connectivity index (χ0) is 9.14. The third-order valence-corrected chi connectivity index (χ3v) is 3.66. The summed E-state index contributed by atoms with van der Waals surface area (Å²) in [6.07, 6.45) is 0. The van der Waals surface area contributed by atoms with Gasteiger partial charge < -0.3 is 4.74 Å². The fourth-order valence-electron chi connectivity index (χ4n) is 0.782. The normalized spacial score (nSPS) is 10.0. The minimum Gasteiger partial charge on any atom is -0.494 e. The van der Waals surface area contributed by atoms with Crippen molar-refractivity contribution in [1.82, 2.24) is 0 Å². The van der Waals surface area contributed by atoms with Crippen molar-refractivity contribution in [1.29, 1.82) is 0 Å². The lowest BCUT2D eigenvalue weighted by atomic mass is 10.3. The highest BCUT2D eigenvalue weighted by atomic mass is 127. The largest absolute Gasteiger partial charge is 0.494 e. The maximum absolute atomic E-state index is 5.88. The highest BCUT2D eigenvalue weighted by Gasteiger charge is 2.05. The molecule has 66 valence electrons. The molecule has 0 heterocycles. The predicted octanol–water partition coefficient (Wildman–Crippen LogP) is 4.00. The van der Waals surface area contributed by atoms with Crippen LogP contribution < -0.4 is 4.74 Å². The molecule has 0 spiro atoms. The molecule has 1 rings (SSSR count). The van der Waals surface area contributed by atoms with E-state index in [-0.39, 0.29) is 0 Å². The Morgan fingerprint density at radius 3 is 2.25 bits per heavy atom. The van der Waals surface area contributed by atoms with Crippen molar-refractivity contribution in [3.8, 4) is 5.75 Å². The van der Waals surface area contributed by atoms with Crippen molar-refractivity contribution in [2.45, 2.75) is 6.92 Å². The molecule has 1 aromatic rings. The molecule has 0 atom stereocenters. The molecule has 0 N–H and O–H groups in total.